The molecule has 3 aliphatic rings. The predicted molar refractivity (Wildman–Crippen MR) is 77.0 cm³/mol. The Morgan fingerprint density at radius 3 is 2.63 bits per heavy atom. The summed E-state index contributed by atoms with van der Waals surface area (Å²) in [4.78, 5) is 2.44. The van der Waals surface area contributed by atoms with E-state index in [9.17, 15) is 8.42 Å². The summed E-state index contributed by atoms with van der Waals surface area (Å²) in [5.41, 5.74) is 0.287. The third kappa shape index (κ3) is 2.69. The zero-order valence-corrected chi connectivity index (χ0v) is 12.7. The third-order valence-electron chi connectivity index (χ3n) is 5.36. The van der Waals surface area contributed by atoms with Crippen LogP contribution in [0.5, 0.6) is 0 Å². The highest BCUT2D eigenvalue weighted by atomic mass is 32.2. The van der Waals surface area contributed by atoms with Crippen LogP contribution in [-0.2, 0) is 9.84 Å². The van der Waals surface area contributed by atoms with Crippen LogP contribution < -0.4 is 5.32 Å². The number of nitrogens with zero attached hydrogens (tertiary/aromatic N) is 1. The van der Waals surface area contributed by atoms with Crippen LogP contribution in [0.1, 0.15) is 45.4 Å². The maximum Gasteiger partial charge on any atom is 0.154 e. The zero-order valence-electron chi connectivity index (χ0n) is 11.9. The van der Waals surface area contributed by atoms with E-state index < -0.39 is 9.84 Å². The van der Waals surface area contributed by atoms with Crippen molar-refractivity contribution in [2.24, 2.45) is 0 Å². The predicted octanol–water partition coefficient (Wildman–Crippen LogP) is 1.17. The molecule has 110 valence electrons. The van der Waals surface area contributed by atoms with Gasteiger partial charge in [-0.05, 0) is 32.6 Å². The molecule has 2 unspecified atom stereocenters. The lowest BCUT2D eigenvalue weighted by Gasteiger charge is -2.46. The van der Waals surface area contributed by atoms with Gasteiger partial charge in [0.15, 0.2) is 9.84 Å². The summed E-state index contributed by atoms with van der Waals surface area (Å²) < 4.78 is 24.0. The van der Waals surface area contributed by atoms with Gasteiger partial charge in [0.25, 0.3) is 0 Å². The Morgan fingerprint density at radius 1 is 1.26 bits per heavy atom. The summed E-state index contributed by atoms with van der Waals surface area (Å²) >= 11 is 0. The molecule has 2 heterocycles. The van der Waals surface area contributed by atoms with E-state index in [0.29, 0.717) is 11.8 Å². The lowest BCUT2D eigenvalue weighted by Crippen LogP contribution is -2.63. The van der Waals surface area contributed by atoms with Crippen LogP contribution in [0.15, 0.2) is 0 Å². The number of sulfone groups is 1. The molecule has 2 aliphatic heterocycles. The first-order valence-electron chi connectivity index (χ1n) is 7.71. The van der Waals surface area contributed by atoms with E-state index in [2.05, 4.69) is 17.1 Å². The van der Waals surface area contributed by atoms with Crippen molar-refractivity contribution in [1.29, 1.82) is 0 Å². The monoisotopic (exact) mass is 286 g/mol. The molecule has 19 heavy (non-hydrogen) atoms. The maximum atomic E-state index is 12.0. The van der Waals surface area contributed by atoms with Crippen molar-refractivity contribution < 1.29 is 8.42 Å². The van der Waals surface area contributed by atoms with E-state index >= 15 is 0 Å². The number of hydrogen-bond acceptors (Lipinski definition) is 4. The minimum Gasteiger partial charge on any atom is -0.308 e. The van der Waals surface area contributed by atoms with Crippen LogP contribution in [0.2, 0.25) is 0 Å². The van der Waals surface area contributed by atoms with Crippen LogP contribution in [0.4, 0.5) is 0 Å². The van der Waals surface area contributed by atoms with Crippen molar-refractivity contribution in [2.75, 3.05) is 25.4 Å². The van der Waals surface area contributed by atoms with Gasteiger partial charge in [0.05, 0.1) is 11.0 Å². The van der Waals surface area contributed by atoms with Gasteiger partial charge in [-0.25, -0.2) is 8.42 Å². The third-order valence-corrected chi connectivity index (χ3v) is 7.62. The van der Waals surface area contributed by atoms with Gasteiger partial charge in [-0.1, -0.05) is 12.8 Å². The van der Waals surface area contributed by atoms with E-state index in [1.807, 2.05) is 0 Å². The van der Waals surface area contributed by atoms with Gasteiger partial charge < -0.3 is 5.32 Å². The Hall–Kier alpha value is -0.130. The highest BCUT2D eigenvalue weighted by molar-refractivity contribution is 7.92. The second-order valence-corrected chi connectivity index (χ2v) is 9.18. The second kappa shape index (κ2) is 5.01. The van der Waals surface area contributed by atoms with Crippen molar-refractivity contribution in [3.05, 3.63) is 0 Å². The smallest absolute Gasteiger partial charge is 0.154 e. The summed E-state index contributed by atoms with van der Waals surface area (Å²) in [5, 5.41) is 3.62. The first-order valence-corrected chi connectivity index (χ1v) is 9.43. The standard InChI is InChI=1S/C14H26N2O2S/c1-12-9-15-14(6-2-3-7-14)11-16(12)10-13-5-4-8-19(13,17)18/h12-13,15H,2-11H2,1H3. The topological polar surface area (TPSA) is 49.4 Å². The SMILES string of the molecule is CC1CNC2(CCCC2)CN1CC1CCCS1(=O)=O. The minimum absolute atomic E-state index is 0.105. The largest absolute Gasteiger partial charge is 0.308 e. The molecule has 0 bridgehead atoms. The molecule has 3 rings (SSSR count). The number of piperazine rings is 1. The summed E-state index contributed by atoms with van der Waals surface area (Å²) in [6.07, 6.45) is 6.87. The van der Waals surface area contributed by atoms with E-state index in [0.717, 1.165) is 32.5 Å². The van der Waals surface area contributed by atoms with Crippen LogP contribution in [0.3, 0.4) is 0 Å². The van der Waals surface area contributed by atoms with Crippen molar-refractivity contribution >= 4 is 9.84 Å². The second-order valence-electron chi connectivity index (χ2n) is 6.78. The Morgan fingerprint density at radius 2 is 2.00 bits per heavy atom. The zero-order chi connectivity index (χ0) is 13.5. The average molecular weight is 286 g/mol. The molecule has 0 aromatic rings. The number of hydrogen-bond donors (Lipinski definition) is 1. The van der Waals surface area contributed by atoms with Gasteiger partial charge in [0.1, 0.15) is 0 Å². The number of nitrogens with one attached hydrogen (secondary N) is 1. The molecule has 1 aliphatic carbocycles. The maximum absolute atomic E-state index is 12.0. The lowest BCUT2D eigenvalue weighted by molar-refractivity contribution is 0.0889. The molecule has 5 heteroatoms. The van der Waals surface area contributed by atoms with Gasteiger partial charge in [0.2, 0.25) is 0 Å². The van der Waals surface area contributed by atoms with Gasteiger partial charge in [-0.15, -0.1) is 0 Å². The summed E-state index contributed by atoms with van der Waals surface area (Å²) in [5.74, 6) is 0.406. The van der Waals surface area contributed by atoms with Gasteiger partial charge in [-0.2, -0.15) is 0 Å². The first kappa shape index (κ1) is 13.8. The van der Waals surface area contributed by atoms with Crippen LogP contribution >= 0.6 is 0 Å². The van der Waals surface area contributed by atoms with Crippen molar-refractivity contribution in [3.63, 3.8) is 0 Å². The molecule has 0 aromatic carbocycles. The highest BCUT2D eigenvalue weighted by Gasteiger charge is 2.42. The lowest BCUT2D eigenvalue weighted by atomic mass is 9.92. The fourth-order valence-electron chi connectivity index (χ4n) is 4.05. The molecule has 1 spiro atoms. The normalized spacial score (nSPS) is 37.9. The molecule has 2 atom stereocenters. The van der Waals surface area contributed by atoms with Gasteiger partial charge in [-0.3, -0.25) is 4.90 Å². The minimum atomic E-state index is -2.81. The summed E-state index contributed by atoms with van der Waals surface area (Å²) in [7, 11) is -2.81. The molecule has 0 aromatic heterocycles. The first-order chi connectivity index (χ1) is 9.01. The summed E-state index contributed by atoms with van der Waals surface area (Å²) in [6.45, 7) is 5.02. The van der Waals surface area contributed by atoms with E-state index in [-0.39, 0.29) is 10.8 Å². The molecular weight excluding hydrogens is 260 g/mol. The quantitative estimate of drug-likeness (QED) is 0.828. The average Bonchev–Trinajstić information content (AvgIpc) is 2.93. The fraction of sp³-hybridized carbons (Fsp3) is 1.00. The van der Waals surface area contributed by atoms with Crippen LogP contribution in [0, 0.1) is 0 Å². The molecule has 0 amide bonds. The molecule has 0 radical (unpaired) electrons. The van der Waals surface area contributed by atoms with Crippen molar-refractivity contribution in [1.82, 2.24) is 10.2 Å². The van der Waals surface area contributed by atoms with Gasteiger partial charge in [0, 0.05) is 31.2 Å². The van der Waals surface area contributed by atoms with Crippen molar-refractivity contribution in [2.45, 2.75) is 62.3 Å². The molecule has 1 saturated carbocycles. The van der Waals surface area contributed by atoms with E-state index in [1.54, 1.807) is 0 Å². The molecule has 4 nitrogen and oxygen atoms in total. The van der Waals surface area contributed by atoms with E-state index in [1.165, 1.54) is 25.7 Å². The molecular formula is C14H26N2O2S. The van der Waals surface area contributed by atoms with Gasteiger partial charge >= 0.3 is 0 Å². The van der Waals surface area contributed by atoms with Crippen LogP contribution in [-0.4, -0.2) is 55.5 Å². The Labute approximate surface area is 116 Å². The van der Waals surface area contributed by atoms with E-state index in [4.69, 9.17) is 0 Å². The number of rotatable bonds is 2. The fourth-order valence-corrected chi connectivity index (χ4v) is 5.90. The molecule has 1 N–H and O–H groups in total. The molecule has 3 fully saturated rings. The summed E-state index contributed by atoms with van der Waals surface area (Å²) in [6, 6.07) is 0.460. The molecule has 2 saturated heterocycles. The van der Waals surface area contributed by atoms with Crippen LogP contribution in [0.25, 0.3) is 0 Å². The van der Waals surface area contributed by atoms with Crippen molar-refractivity contribution in [3.8, 4) is 0 Å². The Kier molecular flexibility index (Phi) is 3.65. The Balaban J connectivity index is 1.68. The highest BCUT2D eigenvalue weighted by Crippen LogP contribution is 2.34. The Bertz CT molecular complexity index is 429.